The van der Waals surface area contributed by atoms with Gasteiger partial charge in [0.05, 0.1) is 5.69 Å². The van der Waals surface area contributed by atoms with E-state index >= 15 is 0 Å². The van der Waals surface area contributed by atoms with Crippen molar-refractivity contribution >= 4 is 34.0 Å². The fourth-order valence-electron chi connectivity index (χ4n) is 2.59. The number of nitrogens with zero attached hydrogens (tertiary/aromatic N) is 3. The molecule has 0 radical (unpaired) electrons. The van der Waals surface area contributed by atoms with Crippen LogP contribution in [-0.4, -0.2) is 21.0 Å². The summed E-state index contributed by atoms with van der Waals surface area (Å²) in [5.41, 5.74) is 1.62. The van der Waals surface area contributed by atoms with Crippen LogP contribution in [0.5, 0.6) is 0 Å². The number of rotatable bonds is 6. The molecule has 152 valence electrons. The average Bonchev–Trinajstić information content (AvgIpc) is 3.39. The second-order valence-corrected chi connectivity index (χ2v) is 7.53. The topological polar surface area (TPSA) is 80.9 Å². The van der Waals surface area contributed by atoms with Crippen LogP contribution in [0.4, 0.5) is 13.9 Å². The Morgan fingerprint density at radius 3 is 2.60 bits per heavy atom. The van der Waals surface area contributed by atoms with E-state index in [1.807, 2.05) is 0 Å². The first-order valence-electron chi connectivity index (χ1n) is 8.77. The molecule has 1 amide bonds. The van der Waals surface area contributed by atoms with Crippen molar-refractivity contribution in [1.82, 2.24) is 15.1 Å². The van der Waals surface area contributed by atoms with Crippen LogP contribution in [0.3, 0.4) is 0 Å². The summed E-state index contributed by atoms with van der Waals surface area (Å²) >= 11 is 7.05. The molecule has 0 aliphatic heterocycles. The van der Waals surface area contributed by atoms with Crippen LogP contribution >= 0.6 is 22.9 Å². The molecule has 0 bridgehead atoms. The van der Waals surface area contributed by atoms with Gasteiger partial charge in [-0.1, -0.05) is 16.8 Å². The molecule has 4 rings (SSSR count). The Kier molecular flexibility index (Phi) is 5.82. The molecule has 0 spiro atoms. The first-order chi connectivity index (χ1) is 14.5. The SMILES string of the molecule is O=C(CCc1nc(-c2ccc(Cl)cc2)no1)Nc1nc(-c2ccc(F)c(F)c2)cs1. The molecule has 0 atom stereocenters. The maximum atomic E-state index is 13.4. The van der Waals surface area contributed by atoms with Crippen LogP contribution in [0, 0.1) is 11.6 Å². The molecule has 4 aromatic rings. The van der Waals surface area contributed by atoms with Crippen molar-refractivity contribution < 1.29 is 18.1 Å². The van der Waals surface area contributed by atoms with Crippen molar-refractivity contribution in [3.8, 4) is 22.6 Å². The molecule has 1 N–H and O–H groups in total. The minimum atomic E-state index is -0.955. The Bertz CT molecular complexity index is 1190. The minimum Gasteiger partial charge on any atom is -0.339 e. The number of anilines is 1. The third-order valence-electron chi connectivity index (χ3n) is 4.10. The summed E-state index contributed by atoms with van der Waals surface area (Å²) in [5, 5.41) is 9.18. The molecule has 30 heavy (non-hydrogen) atoms. The van der Waals surface area contributed by atoms with E-state index in [-0.39, 0.29) is 18.7 Å². The number of halogens is 3. The predicted molar refractivity (Wildman–Crippen MR) is 109 cm³/mol. The number of amides is 1. The van der Waals surface area contributed by atoms with E-state index in [1.165, 1.54) is 17.4 Å². The number of aromatic nitrogens is 3. The van der Waals surface area contributed by atoms with Crippen molar-refractivity contribution in [2.24, 2.45) is 0 Å². The van der Waals surface area contributed by atoms with Crippen LogP contribution in [-0.2, 0) is 11.2 Å². The monoisotopic (exact) mass is 446 g/mol. The molecule has 6 nitrogen and oxygen atoms in total. The standard InChI is InChI=1S/C20H13ClF2N4O2S/c21-13-4-1-11(2-5-13)19-26-18(29-27-19)8-7-17(28)25-20-24-16(10-30-20)12-3-6-14(22)15(23)9-12/h1-6,9-10H,7-8H2,(H,24,25,28). The fourth-order valence-corrected chi connectivity index (χ4v) is 3.46. The van der Waals surface area contributed by atoms with Gasteiger partial charge in [0.1, 0.15) is 0 Å². The number of benzene rings is 2. The number of nitrogens with one attached hydrogen (secondary N) is 1. The summed E-state index contributed by atoms with van der Waals surface area (Å²) in [4.78, 5) is 20.7. The average molecular weight is 447 g/mol. The predicted octanol–water partition coefficient (Wildman–Crippen LogP) is 5.36. The van der Waals surface area contributed by atoms with Crippen molar-refractivity contribution in [3.63, 3.8) is 0 Å². The van der Waals surface area contributed by atoms with E-state index < -0.39 is 11.6 Å². The molecule has 0 saturated carbocycles. The smallest absolute Gasteiger partial charge is 0.227 e. The van der Waals surface area contributed by atoms with E-state index in [2.05, 4.69) is 20.4 Å². The van der Waals surface area contributed by atoms with Gasteiger partial charge in [0.15, 0.2) is 16.8 Å². The highest BCUT2D eigenvalue weighted by Crippen LogP contribution is 2.26. The van der Waals surface area contributed by atoms with Crippen molar-refractivity contribution in [3.05, 3.63) is 70.4 Å². The number of thiazole rings is 1. The minimum absolute atomic E-state index is 0.113. The lowest BCUT2D eigenvalue weighted by Gasteiger charge is -2.00. The van der Waals surface area contributed by atoms with Crippen LogP contribution in [0.25, 0.3) is 22.6 Å². The number of carbonyl (C=O) groups excluding carboxylic acids is 1. The molecule has 0 fully saturated rings. The molecular weight excluding hydrogens is 434 g/mol. The number of hydrogen-bond acceptors (Lipinski definition) is 6. The van der Waals surface area contributed by atoms with Crippen molar-refractivity contribution in [1.29, 1.82) is 0 Å². The van der Waals surface area contributed by atoms with E-state index in [4.69, 9.17) is 16.1 Å². The van der Waals surface area contributed by atoms with Gasteiger partial charge < -0.3 is 9.84 Å². The Morgan fingerprint density at radius 2 is 1.83 bits per heavy atom. The molecule has 0 unspecified atom stereocenters. The molecular formula is C20H13ClF2N4O2S. The van der Waals surface area contributed by atoms with Crippen LogP contribution in [0.2, 0.25) is 5.02 Å². The zero-order valence-electron chi connectivity index (χ0n) is 15.2. The summed E-state index contributed by atoms with van der Waals surface area (Å²) < 4.78 is 31.6. The lowest BCUT2D eigenvalue weighted by Crippen LogP contribution is -2.12. The summed E-state index contributed by atoms with van der Waals surface area (Å²) in [6, 6.07) is 10.5. The van der Waals surface area contributed by atoms with Gasteiger partial charge in [-0.3, -0.25) is 4.79 Å². The molecule has 2 aromatic carbocycles. The number of carbonyl (C=O) groups is 1. The Hall–Kier alpha value is -3.17. The van der Waals surface area contributed by atoms with E-state index in [9.17, 15) is 13.6 Å². The lowest BCUT2D eigenvalue weighted by atomic mass is 10.2. The third kappa shape index (κ3) is 4.69. The Morgan fingerprint density at radius 1 is 1.07 bits per heavy atom. The van der Waals surface area contributed by atoms with Crippen molar-refractivity contribution in [2.45, 2.75) is 12.8 Å². The number of hydrogen-bond donors (Lipinski definition) is 1. The fraction of sp³-hybridized carbons (Fsp3) is 0.100. The summed E-state index contributed by atoms with van der Waals surface area (Å²) in [6.07, 6.45) is 0.371. The quantitative estimate of drug-likeness (QED) is 0.431. The first kappa shape index (κ1) is 20.1. The summed E-state index contributed by atoms with van der Waals surface area (Å²) in [6.45, 7) is 0. The molecule has 2 heterocycles. The van der Waals surface area contributed by atoms with Gasteiger partial charge in [-0.25, -0.2) is 13.8 Å². The zero-order chi connectivity index (χ0) is 21.1. The van der Waals surface area contributed by atoms with Gasteiger partial charge in [0.25, 0.3) is 0 Å². The molecule has 0 saturated heterocycles. The maximum Gasteiger partial charge on any atom is 0.227 e. The highest BCUT2D eigenvalue weighted by molar-refractivity contribution is 7.14. The van der Waals surface area contributed by atoms with Gasteiger partial charge in [0, 0.05) is 34.4 Å². The van der Waals surface area contributed by atoms with E-state index in [0.717, 1.165) is 17.7 Å². The summed E-state index contributed by atoms with van der Waals surface area (Å²) in [7, 11) is 0. The van der Waals surface area contributed by atoms with Gasteiger partial charge in [0.2, 0.25) is 17.6 Å². The molecule has 0 aliphatic rings. The largest absolute Gasteiger partial charge is 0.339 e. The van der Waals surface area contributed by atoms with Gasteiger partial charge in [-0.2, -0.15) is 4.98 Å². The maximum absolute atomic E-state index is 13.4. The molecule has 0 aliphatic carbocycles. The van der Waals surface area contributed by atoms with Crippen LogP contribution < -0.4 is 5.32 Å². The highest BCUT2D eigenvalue weighted by Gasteiger charge is 2.13. The van der Waals surface area contributed by atoms with E-state index in [0.29, 0.717) is 33.1 Å². The van der Waals surface area contributed by atoms with E-state index in [1.54, 1.807) is 29.6 Å². The van der Waals surface area contributed by atoms with Gasteiger partial charge in [-0.05, 0) is 42.5 Å². The Balaban J connectivity index is 1.34. The van der Waals surface area contributed by atoms with Gasteiger partial charge in [-0.15, -0.1) is 11.3 Å². The first-order valence-corrected chi connectivity index (χ1v) is 10.0. The highest BCUT2D eigenvalue weighted by atomic mass is 35.5. The second-order valence-electron chi connectivity index (χ2n) is 6.23. The van der Waals surface area contributed by atoms with Crippen LogP contribution in [0.1, 0.15) is 12.3 Å². The van der Waals surface area contributed by atoms with Gasteiger partial charge >= 0.3 is 0 Å². The molecule has 2 aromatic heterocycles. The Labute approximate surface area is 178 Å². The zero-order valence-corrected chi connectivity index (χ0v) is 16.8. The second kappa shape index (κ2) is 8.68. The molecule has 10 heteroatoms. The lowest BCUT2D eigenvalue weighted by molar-refractivity contribution is -0.116. The van der Waals surface area contributed by atoms with Crippen LogP contribution in [0.15, 0.2) is 52.4 Å². The number of aryl methyl sites for hydroxylation is 1. The normalized spacial score (nSPS) is 10.9. The summed E-state index contributed by atoms with van der Waals surface area (Å²) in [5.74, 6) is -1.42. The van der Waals surface area contributed by atoms with Crippen molar-refractivity contribution in [2.75, 3.05) is 5.32 Å². The third-order valence-corrected chi connectivity index (χ3v) is 5.11.